The third-order valence-electron chi connectivity index (χ3n) is 5.64. The number of unbranched alkanes of at least 4 members (excludes halogenated alkanes) is 11. The molecule has 140 valence electrons. The molecule has 0 N–H and O–H groups in total. The van der Waals surface area contributed by atoms with Gasteiger partial charge in [-0.15, -0.1) is 0 Å². The molecule has 2 atom stereocenters. The van der Waals surface area contributed by atoms with Gasteiger partial charge < -0.3 is 0 Å². The van der Waals surface area contributed by atoms with E-state index in [1.54, 1.807) is 0 Å². The van der Waals surface area contributed by atoms with Crippen LogP contribution < -0.4 is 0 Å². The number of rotatable bonds is 18. The van der Waals surface area contributed by atoms with E-state index in [0.29, 0.717) is 0 Å². The second-order valence-corrected chi connectivity index (χ2v) is 8.23. The van der Waals surface area contributed by atoms with Crippen molar-refractivity contribution in [3.05, 3.63) is 0 Å². The Morgan fingerprint density at radius 3 is 1.17 bits per heavy atom. The summed E-state index contributed by atoms with van der Waals surface area (Å²) in [5.41, 5.74) is 0. The van der Waals surface area contributed by atoms with Gasteiger partial charge in [-0.3, -0.25) is 0 Å². The molecule has 0 aliphatic rings. The van der Waals surface area contributed by atoms with Crippen LogP contribution in [0.3, 0.4) is 0 Å². The van der Waals surface area contributed by atoms with Gasteiger partial charge in [-0.25, -0.2) is 0 Å². The van der Waals surface area contributed by atoms with Gasteiger partial charge in [0.2, 0.25) is 0 Å². The molecular formula is C23H48. The van der Waals surface area contributed by atoms with Gasteiger partial charge in [0.15, 0.2) is 0 Å². The van der Waals surface area contributed by atoms with Crippen LogP contribution in [0.15, 0.2) is 0 Å². The molecule has 0 aliphatic heterocycles. The summed E-state index contributed by atoms with van der Waals surface area (Å²) in [5, 5.41) is 0. The van der Waals surface area contributed by atoms with Crippen LogP contribution in [0, 0.1) is 11.8 Å². The lowest BCUT2D eigenvalue weighted by Gasteiger charge is -2.11. The van der Waals surface area contributed by atoms with E-state index in [1.165, 1.54) is 109 Å². The second-order valence-electron chi connectivity index (χ2n) is 8.23. The van der Waals surface area contributed by atoms with Gasteiger partial charge >= 0.3 is 0 Å². The molecule has 0 amide bonds. The molecule has 0 heteroatoms. The van der Waals surface area contributed by atoms with Crippen LogP contribution in [0.2, 0.25) is 0 Å². The fraction of sp³-hybridized carbons (Fsp3) is 1.00. The molecular weight excluding hydrogens is 276 g/mol. The minimum atomic E-state index is 0.947. The first-order valence-corrected chi connectivity index (χ1v) is 11.2. The Morgan fingerprint density at radius 1 is 0.435 bits per heavy atom. The van der Waals surface area contributed by atoms with Gasteiger partial charge in [-0.2, -0.15) is 0 Å². The molecule has 0 saturated carbocycles. The molecule has 2 unspecified atom stereocenters. The quantitative estimate of drug-likeness (QED) is 0.221. The number of hydrogen-bond acceptors (Lipinski definition) is 0. The maximum absolute atomic E-state index is 2.47. The third-order valence-corrected chi connectivity index (χ3v) is 5.64. The van der Waals surface area contributed by atoms with E-state index in [-0.39, 0.29) is 0 Å². The SMILES string of the molecule is CCCCCCCCC(C)CCCCCCCCCC(C)CC. The van der Waals surface area contributed by atoms with Crippen molar-refractivity contribution in [2.45, 2.75) is 137 Å². The zero-order chi connectivity index (χ0) is 17.2. The highest BCUT2D eigenvalue weighted by molar-refractivity contribution is 4.56. The van der Waals surface area contributed by atoms with Crippen molar-refractivity contribution in [2.24, 2.45) is 11.8 Å². The van der Waals surface area contributed by atoms with Crippen molar-refractivity contribution >= 4 is 0 Å². The topological polar surface area (TPSA) is 0 Å². The first-order valence-electron chi connectivity index (χ1n) is 11.2. The Kier molecular flexibility index (Phi) is 18.3. The van der Waals surface area contributed by atoms with Gasteiger partial charge in [0, 0.05) is 0 Å². The maximum atomic E-state index is 2.47. The van der Waals surface area contributed by atoms with E-state index in [0.717, 1.165) is 11.8 Å². The summed E-state index contributed by atoms with van der Waals surface area (Å²) in [6.45, 7) is 9.49. The average Bonchev–Trinajstić information content (AvgIpc) is 2.56. The maximum Gasteiger partial charge on any atom is -0.0443 e. The van der Waals surface area contributed by atoms with E-state index in [4.69, 9.17) is 0 Å². The van der Waals surface area contributed by atoms with E-state index >= 15 is 0 Å². The third kappa shape index (κ3) is 18.2. The lowest BCUT2D eigenvalue weighted by molar-refractivity contribution is 0.429. The van der Waals surface area contributed by atoms with Crippen LogP contribution >= 0.6 is 0 Å². The Hall–Kier alpha value is 0. The standard InChI is InChI=1S/C23H48/c1-5-7-8-9-13-17-20-23(4)21-18-15-12-10-11-14-16-19-22(3)6-2/h22-23H,5-21H2,1-4H3. The molecule has 0 bridgehead atoms. The van der Waals surface area contributed by atoms with Crippen molar-refractivity contribution in [1.29, 1.82) is 0 Å². The first-order chi connectivity index (χ1) is 11.2. The van der Waals surface area contributed by atoms with Crippen molar-refractivity contribution in [3.63, 3.8) is 0 Å². The Labute approximate surface area is 149 Å². The molecule has 0 radical (unpaired) electrons. The molecule has 0 fully saturated rings. The number of hydrogen-bond donors (Lipinski definition) is 0. The normalized spacial score (nSPS) is 14.1. The lowest BCUT2D eigenvalue weighted by Crippen LogP contribution is -1.95. The van der Waals surface area contributed by atoms with Crippen molar-refractivity contribution in [2.75, 3.05) is 0 Å². The zero-order valence-electron chi connectivity index (χ0n) is 17.2. The summed E-state index contributed by atoms with van der Waals surface area (Å²) >= 11 is 0. The lowest BCUT2D eigenvalue weighted by atomic mass is 9.95. The molecule has 0 rings (SSSR count). The minimum absolute atomic E-state index is 0.947. The van der Waals surface area contributed by atoms with E-state index in [9.17, 15) is 0 Å². The Bertz CT molecular complexity index is 208. The smallest absolute Gasteiger partial charge is 0.0443 e. The Balaban J connectivity index is 3.16. The van der Waals surface area contributed by atoms with Crippen LogP contribution in [0.1, 0.15) is 137 Å². The summed E-state index contributed by atoms with van der Waals surface area (Å²) < 4.78 is 0. The van der Waals surface area contributed by atoms with E-state index in [2.05, 4.69) is 27.7 Å². The first kappa shape index (κ1) is 23.0. The van der Waals surface area contributed by atoms with Crippen LogP contribution in [-0.4, -0.2) is 0 Å². The molecule has 0 heterocycles. The van der Waals surface area contributed by atoms with Crippen molar-refractivity contribution in [3.8, 4) is 0 Å². The van der Waals surface area contributed by atoms with Gasteiger partial charge in [-0.1, -0.05) is 137 Å². The van der Waals surface area contributed by atoms with Gasteiger partial charge in [0.05, 0.1) is 0 Å². The van der Waals surface area contributed by atoms with Crippen molar-refractivity contribution in [1.82, 2.24) is 0 Å². The molecule has 0 aromatic rings. The minimum Gasteiger partial charge on any atom is -0.0654 e. The fourth-order valence-corrected chi connectivity index (χ4v) is 3.49. The summed E-state index contributed by atoms with van der Waals surface area (Å²) in [6, 6.07) is 0. The molecule has 0 aliphatic carbocycles. The summed E-state index contributed by atoms with van der Waals surface area (Å²) in [4.78, 5) is 0. The van der Waals surface area contributed by atoms with E-state index in [1.807, 2.05) is 0 Å². The van der Waals surface area contributed by atoms with Crippen LogP contribution in [0.4, 0.5) is 0 Å². The van der Waals surface area contributed by atoms with Gasteiger partial charge in [0.1, 0.15) is 0 Å². The summed E-state index contributed by atoms with van der Waals surface area (Å²) in [5.74, 6) is 1.92. The second kappa shape index (κ2) is 18.3. The molecule has 23 heavy (non-hydrogen) atoms. The van der Waals surface area contributed by atoms with Crippen molar-refractivity contribution < 1.29 is 0 Å². The Morgan fingerprint density at radius 2 is 0.783 bits per heavy atom. The molecule has 0 spiro atoms. The summed E-state index contributed by atoms with van der Waals surface area (Å²) in [6.07, 6.45) is 24.8. The highest BCUT2D eigenvalue weighted by atomic mass is 14.1. The van der Waals surface area contributed by atoms with E-state index < -0.39 is 0 Å². The van der Waals surface area contributed by atoms with Crippen LogP contribution in [-0.2, 0) is 0 Å². The molecule has 0 aromatic heterocycles. The molecule has 0 saturated heterocycles. The average molecular weight is 325 g/mol. The van der Waals surface area contributed by atoms with Crippen LogP contribution in [0.5, 0.6) is 0 Å². The zero-order valence-corrected chi connectivity index (χ0v) is 17.2. The largest absolute Gasteiger partial charge is 0.0654 e. The predicted octanol–water partition coefficient (Wildman–Crippen LogP) is 8.93. The highest BCUT2D eigenvalue weighted by Gasteiger charge is 2.02. The predicted molar refractivity (Wildman–Crippen MR) is 108 cm³/mol. The highest BCUT2D eigenvalue weighted by Crippen LogP contribution is 2.19. The molecule has 0 nitrogen and oxygen atoms in total. The molecule has 0 aromatic carbocycles. The van der Waals surface area contributed by atoms with Crippen LogP contribution in [0.25, 0.3) is 0 Å². The monoisotopic (exact) mass is 324 g/mol. The van der Waals surface area contributed by atoms with Gasteiger partial charge in [0.25, 0.3) is 0 Å². The van der Waals surface area contributed by atoms with Gasteiger partial charge in [-0.05, 0) is 11.8 Å². The summed E-state index contributed by atoms with van der Waals surface area (Å²) in [7, 11) is 0. The fourth-order valence-electron chi connectivity index (χ4n) is 3.49.